The molecule has 1 aliphatic carbocycles. The van der Waals surface area contributed by atoms with E-state index in [0.717, 1.165) is 43.0 Å². The fraction of sp³-hybridized carbons (Fsp3) is 0.364. The normalized spacial score (nSPS) is 23.0. The summed E-state index contributed by atoms with van der Waals surface area (Å²) in [7, 11) is 0. The number of hydrogen-bond donors (Lipinski definition) is 1. The molecule has 1 aromatic carbocycles. The van der Waals surface area contributed by atoms with Gasteiger partial charge >= 0.3 is 0 Å². The van der Waals surface area contributed by atoms with Crippen LogP contribution in [0.5, 0.6) is 0 Å². The van der Waals surface area contributed by atoms with Crippen LogP contribution in [-0.2, 0) is 6.54 Å². The van der Waals surface area contributed by atoms with Gasteiger partial charge in [0, 0.05) is 49.4 Å². The second kappa shape index (κ2) is 6.59. The van der Waals surface area contributed by atoms with E-state index < -0.39 is 5.60 Å². The molecule has 2 aromatic heterocycles. The minimum atomic E-state index is -0.482. The lowest BCUT2D eigenvalue weighted by molar-refractivity contribution is 0.0263. The molecule has 1 saturated heterocycles. The molecular weight excluding hydrogens is 336 g/mol. The van der Waals surface area contributed by atoms with Crippen LogP contribution in [0, 0.1) is 5.92 Å². The maximum atomic E-state index is 10.9. The highest BCUT2D eigenvalue weighted by atomic mass is 16.3. The van der Waals surface area contributed by atoms with Gasteiger partial charge in [0.25, 0.3) is 0 Å². The first-order valence-electron chi connectivity index (χ1n) is 9.70. The predicted octanol–water partition coefficient (Wildman–Crippen LogP) is 3.28. The van der Waals surface area contributed by atoms with E-state index in [2.05, 4.69) is 34.3 Å². The Kier molecular flexibility index (Phi) is 4.06. The van der Waals surface area contributed by atoms with Crippen molar-refractivity contribution < 1.29 is 5.11 Å². The van der Waals surface area contributed by atoms with Crippen LogP contribution in [0.2, 0.25) is 0 Å². The van der Waals surface area contributed by atoms with Gasteiger partial charge in [-0.1, -0.05) is 18.2 Å². The first-order valence-corrected chi connectivity index (χ1v) is 9.70. The highest BCUT2D eigenvalue weighted by molar-refractivity contribution is 5.62. The van der Waals surface area contributed by atoms with Crippen LogP contribution >= 0.6 is 0 Å². The molecule has 5 rings (SSSR count). The standard InChI is InChI=1S/C22H24N4O/c27-22(19-8-9-19)10-12-25(16-22)14-18-15-26(20-6-2-1-3-7-20)24-21(18)17-5-4-11-23-13-17/h1-7,11,13,15,19,27H,8-10,12,14,16H2. The van der Waals surface area contributed by atoms with Gasteiger partial charge in [0.1, 0.15) is 0 Å². The van der Waals surface area contributed by atoms with Crippen LogP contribution in [0.1, 0.15) is 24.8 Å². The molecule has 2 aliphatic rings. The number of aromatic nitrogens is 3. The summed E-state index contributed by atoms with van der Waals surface area (Å²) in [5.41, 5.74) is 3.73. The highest BCUT2D eigenvalue weighted by Crippen LogP contribution is 2.44. The Balaban J connectivity index is 1.46. The molecule has 1 unspecified atom stereocenters. The van der Waals surface area contributed by atoms with Crippen molar-refractivity contribution in [2.75, 3.05) is 13.1 Å². The Morgan fingerprint density at radius 2 is 1.96 bits per heavy atom. The summed E-state index contributed by atoms with van der Waals surface area (Å²) in [5, 5.41) is 15.7. The van der Waals surface area contributed by atoms with Crippen LogP contribution in [0.4, 0.5) is 0 Å². The first-order chi connectivity index (χ1) is 13.2. The Morgan fingerprint density at radius 3 is 2.70 bits per heavy atom. The number of aliphatic hydroxyl groups is 1. The zero-order valence-corrected chi connectivity index (χ0v) is 15.3. The molecule has 3 aromatic rings. The lowest BCUT2D eigenvalue weighted by Crippen LogP contribution is -2.35. The molecule has 27 heavy (non-hydrogen) atoms. The van der Waals surface area contributed by atoms with E-state index in [4.69, 9.17) is 5.10 Å². The SMILES string of the molecule is OC1(C2CC2)CCN(Cc2cn(-c3ccccc3)nc2-c2cccnc2)C1. The molecule has 138 valence electrons. The minimum Gasteiger partial charge on any atom is -0.388 e. The molecule has 5 heteroatoms. The molecule has 0 radical (unpaired) electrons. The number of likely N-dealkylation sites (tertiary alicyclic amines) is 1. The molecule has 3 heterocycles. The summed E-state index contributed by atoms with van der Waals surface area (Å²) in [6, 6.07) is 14.2. The van der Waals surface area contributed by atoms with Crippen molar-refractivity contribution in [2.24, 2.45) is 5.92 Å². The van der Waals surface area contributed by atoms with Gasteiger partial charge in [0.15, 0.2) is 0 Å². The van der Waals surface area contributed by atoms with Gasteiger partial charge in [-0.05, 0) is 49.4 Å². The number of rotatable bonds is 5. The number of pyridine rings is 1. The number of para-hydroxylation sites is 1. The largest absolute Gasteiger partial charge is 0.388 e. The molecule has 1 atom stereocenters. The lowest BCUT2D eigenvalue weighted by atomic mass is 9.97. The Hall–Kier alpha value is -2.50. The van der Waals surface area contributed by atoms with Crippen molar-refractivity contribution in [3.63, 3.8) is 0 Å². The van der Waals surface area contributed by atoms with Crippen molar-refractivity contribution in [2.45, 2.75) is 31.4 Å². The average molecular weight is 360 g/mol. The third kappa shape index (κ3) is 3.29. The van der Waals surface area contributed by atoms with Gasteiger partial charge in [0.2, 0.25) is 0 Å². The van der Waals surface area contributed by atoms with E-state index in [1.807, 2.05) is 35.1 Å². The van der Waals surface area contributed by atoms with Crippen molar-refractivity contribution >= 4 is 0 Å². The molecule has 1 N–H and O–H groups in total. The molecule has 2 fully saturated rings. The summed E-state index contributed by atoms with van der Waals surface area (Å²) < 4.78 is 1.95. The molecule has 1 saturated carbocycles. The molecule has 5 nitrogen and oxygen atoms in total. The van der Waals surface area contributed by atoms with Crippen molar-refractivity contribution in [3.05, 3.63) is 66.6 Å². The summed E-state index contributed by atoms with van der Waals surface area (Å²) in [6.07, 6.45) is 9.01. The Bertz CT molecular complexity index is 920. The molecule has 0 bridgehead atoms. The third-order valence-electron chi connectivity index (χ3n) is 5.84. The molecular formula is C22H24N4O. The quantitative estimate of drug-likeness (QED) is 0.759. The maximum absolute atomic E-state index is 10.9. The van der Waals surface area contributed by atoms with E-state index in [0.29, 0.717) is 5.92 Å². The fourth-order valence-electron chi connectivity index (χ4n) is 4.21. The minimum absolute atomic E-state index is 0.482. The highest BCUT2D eigenvalue weighted by Gasteiger charge is 2.47. The van der Waals surface area contributed by atoms with Gasteiger partial charge in [-0.25, -0.2) is 4.68 Å². The Labute approximate surface area is 159 Å². The summed E-state index contributed by atoms with van der Waals surface area (Å²) in [6.45, 7) is 2.50. The number of β-amino-alcohol motifs (C(OH)–C–C–N with tert-alkyl or cyclic N) is 1. The van der Waals surface area contributed by atoms with Crippen LogP contribution in [0.25, 0.3) is 16.9 Å². The summed E-state index contributed by atoms with van der Waals surface area (Å²) in [5.74, 6) is 0.507. The van der Waals surface area contributed by atoms with E-state index in [1.54, 1.807) is 6.20 Å². The van der Waals surface area contributed by atoms with Crippen LogP contribution in [0.15, 0.2) is 61.1 Å². The van der Waals surface area contributed by atoms with Gasteiger partial charge in [-0.3, -0.25) is 9.88 Å². The smallest absolute Gasteiger partial charge is 0.0988 e. The molecule has 0 amide bonds. The van der Waals surface area contributed by atoms with Gasteiger partial charge < -0.3 is 5.11 Å². The second-order valence-corrected chi connectivity index (χ2v) is 7.86. The number of benzene rings is 1. The second-order valence-electron chi connectivity index (χ2n) is 7.86. The topological polar surface area (TPSA) is 54.2 Å². The zero-order chi connectivity index (χ0) is 18.3. The van der Waals surface area contributed by atoms with Gasteiger partial charge in [-0.15, -0.1) is 0 Å². The predicted molar refractivity (Wildman–Crippen MR) is 104 cm³/mol. The molecule has 1 aliphatic heterocycles. The maximum Gasteiger partial charge on any atom is 0.0988 e. The van der Waals surface area contributed by atoms with E-state index in [1.165, 1.54) is 18.4 Å². The number of hydrogen-bond acceptors (Lipinski definition) is 4. The van der Waals surface area contributed by atoms with E-state index >= 15 is 0 Å². The van der Waals surface area contributed by atoms with Crippen molar-refractivity contribution in [3.8, 4) is 16.9 Å². The summed E-state index contributed by atoms with van der Waals surface area (Å²) in [4.78, 5) is 6.63. The van der Waals surface area contributed by atoms with E-state index in [9.17, 15) is 5.11 Å². The van der Waals surface area contributed by atoms with Gasteiger partial charge in [-0.2, -0.15) is 5.10 Å². The Morgan fingerprint density at radius 1 is 1.11 bits per heavy atom. The van der Waals surface area contributed by atoms with Crippen molar-refractivity contribution in [1.29, 1.82) is 0 Å². The van der Waals surface area contributed by atoms with Crippen LogP contribution in [0.3, 0.4) is 0 Å². The monoisotopic (exact) mass is 360 g/mol. The lowest BCUT2D eigenvalue weighted by Gasteiger charge is -2.23. The fourth-order valence-corrected chi connectivity index (χ4v) is 4.21. The molecule has 0 spiro atoms. The number of nitrogens with zero attached hydrogens (tertiary/aromatic N) is 4. The first kappa shape index (κ1) is 16.7. The third-order valence-corrected chi connectivity index (χ3v) is 5.84. The summed E-state index contributed by atoms with van der Waals surface area (Å²) >= 11 is 0. The van der Waals surface area contributed by atoms with E-state index in [-0.39, 0.29) is 0 Å². The van der Waals surface area contributed by atoms with Crippen LogP contribution < -0.4 is 0 Å². The average Bonchev–Trinajstić information content (AvgIpc) is 3.40. The zero-order valence-electron chi connectivity index (χ0n) is 15.3. The van der Waals surface area contributed by atoms with Crippen LogP contribution in [-0.4, -0.2) is 43.5 Å². The van der Waals surface area contributed by atoms with Crippen molar-refractivity contribution in [1.82, 2.24) is 19.7 Å². The van der Waals surface area contributed by atoms with Gasteiger partial charge in [0.05, 0.1) is 17.0 Å².